The Morgan fingerprint density at radius 1 is 1.35 bits per heavy atom. The number of hydrogen-bond donors (Lipinski definition) is 1. The minimum atomic E-state index is 0.603. The highest BCUT2D eigenvalue weighted by molar-refractivity contribution is 6.31. The molecule has 2 aromatic rings. The third-order valence-corrected chi connectivity index (χ3v) is 2.87. The van der Waals surface area contributed by atoms with Crippen LogP contribution in [0.15, 0.2) is 18.2 Å². The van der Waals surface area contributed by atoms with Crippen LogP contribution in [0, 0.1) is 0 Å². The lowest BCUT2D eigenvalue weighted by Gasteiger charge is -2.10. The van der Waals surface area contributed by atoms with Gasteiger partial charge in [0.25, 0.3) is 0 Å². The Hall–Kier alpha value is -1.48. The Labute approximate surface area is 106 Å². The number of nitrogens with two attached hydrogens (primary N) is 1. The molecule has 0 saturated heterocycles. The van der Waals surface area contributed by atoms with Crippen molar-refractivity contribution in [2.24, 2.45) is 0 Å². The van der Waals surface area contributed by atoms with Crippen molar-refractivity contribution >= 4 is 28.2 Å². The molecule has 0 atom stereocenters. The van der Waals surface area contributed by atoms with Crippen molar-refractivity contribution in [2.75, 3.05) is 12.8 Å². The zero-order chi connectivity index (χ0) is 12.4. The van der Waals surface area contributed by atoms with E-state index in [4.69, 9.17) is 22.1 Å². The SMILES string of the molecule is CCCc1cc(N)c2cc(Cl)cc(OC)c2n1. The quantitative estimate of drug-likeness (QED) is 0.908. The summed E-state index contributed by atoms with van der Waals surface area (Å²) in [6.07, 6.45) is 1.94. The fourth-order valence-electron chi connectivity index (χ4n) is 1.88. The minimum Gasteiger partial charge on any atom is -0.494 e. The molecular formula is C13H15ClN2O. The smallest absolute Gasteiger partial charge is 0.146 e. The van der Waals surface area contributed by atoms with Crippen LogP contribution in [0.1, 0.15) is 19.0 Å². The van der Waals surface area contributed by atoms with Crippen LogP contribution >= 0.6 is 11.6 Å². The number of aryl methyl sites for hydroxylation is 1. The maximum Gasteiger partial charge on any atom is 0.146 e. The maximum atomic E-state index is 6.03. The summed E-state index contributed by atoms with van der Waals surface area (Å²) in [4.78, 5) is 4.57. The number of anilines is 1. The summed E-state index contributed by atoms with van der Waals surface area (Å²) in [6, 6.07) is 5.48. The predicted molar refractivity (Wildman–Crippen MR) is 71.7 cm³/mol. The number of nitrogens with zero attached hydrogens (tertiary/aromatic N) is 1. The van der Waals surface area contributed by atoms with E-state index >= 15 is 0 Å². The highest BCUT2D eigenvalue weighted by Crippen LogP contribution is 2.32. The zero-order valence-electron chi connectivity index (χ0n) is 9.96. The van der Waals surface area contributed by atoms with Gasteiger partial charge in [-0.25, -0.2) is 4.98 Å². The Morgan fingerprint density at radius 2 is 2.12 bits per heavy atom. The van der Waals surface area contributed by atoms with Crippen LogP contribution in [0.25, 0.3) is 10.9 Å². The largest absolute Gasteiger partial charge is 0.494 e. The second-order valence-electron chi connectivity index (χ2n) is 3.96. The first-order valence-electron chi connectivity index (χ1n) is 5.58. The Kier molecular flexibility index (Phi) is 3.38. The lowest BCUT2D eigenvalue weighted by Crippen LogP contribution is -1.97. The van der Waals surface area contributed by atoms with Crippen LogP contribution in [0.5, 0.6) is 5.75 Å². The third-order valence-electron chi connectivity index (χ3n) is 2.65. The summed E-state index contributed by atoms with van der Waals surface area (Å²) in [6.45, 7) is 2.11. The number of fused-ring (bicyclic) bond motifs is 1. The van der Waals surface area contributed by atoms with Gasteiger partial charge in [-0.1, -0.05) is 24.9 Å². The van der Waals surface area contributed by atoms with Crippen LogP contribution in [0.4, 0.5) is 5.69 Å². The number of rotatable bonds is 3. The average molecular weight is 251 g/mol. The number of benzene rings is 1. The first-order valence-corrected chi connectivity index (χ1v) is 5.96. The second-order valence-corrected chi connectivity index (χ2v) is 4.39. The molecule has 0 unspecified atom stereocenters. The Bertz CT molecular complexity index is 555. The van der Waals surface area contributed by atoms with E-state index < -0.39 is 0 Å². The number of aromatic nitrogens is 1. The van der Waals surface area contributed by atoms with Gasteiger partial charge < -0.3 is 10.5 Å². The minimum absolute atomic E-state index is 0.603. The molecule has 0 saturated carbocycles. The summed E-state index contributed by atoms with van der Waals surface area (Å²) >= 11 is 6.01. The Balaban J connectivity index is 2.72. The highest BCUT2D eigenvalue weighted by Gasteiger charge is 2.09. The molecule has 0 bridgehead atoms. The molecule has 90 valence electrons. The number of nitrogen functional groups attached to an aromatic ring is 1. The normalized spacial score (nSPS) is 10.8. The van der Waals surface area contributed by atoms with Crippen LogP contribution in [-0.4, -0.2) is 12.1 Å². The fourth-order valence-corrected chi connectivity index (χ4v) is 2.09. The molecular weight excluding hydrogens is 236 g/mol. The standard InChI is InChI=1S/C13H15ClN2O/c1-3-4-9-7-11(15)10-5-8(14)6-12(17-2)13(10)16-9/h5-7H,3-4H2,1-2H3,(H2,15,16). The van der Waals surface area contributed by atoms with Gasteiger partial charge in [0.05, 0.1) is 7.11 Å². The van der Waals surface area contributed by atoms with Crippen LogP contribution in [0.3, 0.4) is 0 Å². The molecule has 0 aliphatic carbocycles. The third kappa shape index (κ3) is 2.29. The molecule has 2 N–H and O–H groups in total. The first kappa shape index (κ1) is 12.0. The van der Waals surface area contributed by atoms with E-state index in [1.165, 1.54) is 0 Å². The van der Waals surface area contributed by atoms with Crippen molar-refractivity contribution in [3.05, 3.63) is 28.9 Å². The molecule has 2 rings (SSSR count). The van der Waals surface area contributed by atoms with Crippen molar-refractivity contribution < 1.29 is 4.74 Å². The van der Waals surface area contributed by atoms with Gasteiger partial charge in [0.1, 0.15) is 11.3 Å². The number of hydrogen-bond acceptors (Lipinski definition) is 3. The van der Waals surface area contributed by atoms with E-state index in [9.17, 15) is 0 Å². The average Bonchev–Trinajstić information content (AvgIpc) is 2.30. The molecule has 0 aliphatic heterocycles. The molecule has 0 aliphatic rings. The van der Waals surface area contributed by atoms with Crippen molar-refractivity contribution in [1.82, 2.24) is 4.98 Å². The van der Waals surface area contributed by atoms with Gasteiger partial charge in [0.15, 0.2) is 0 Å². The number of pyridine rings is 1. The highest BCUT2D eigenvalue weighted by atomic mass is 35.5. The second kappa shape index (κ2) is 4.80. The van der Waals surface area contributed by atoms with Crippen LogP contribution in [-0.2, 0) is 6.42 Å². The molecule has 1 aromatic carbocycles. The summed E-state index contributed by atoms with van der Waals surface area (Å²) in [7, 11) is 1.61. The molecule has 1 aromatic heterocycles. The van der Waals surface area contributed by atoms with E-state index in [0.29, 0.717) is 16.5 Å². The van der Waals surface area contributed by atoms with Crippen molar-refractivity contribution in [2.45, 2.75) is 19.8 Å². The number of halogens is 1. The predicted octanol–water partition coefficient (Wildman–Crippen LogP) is 3.43. The van der Waals surface area contributed by atoms with Gasteiger partial charge >= 0.3 is 0 Å². The molecule has 1 heterocycles. The van der Waals surface area contributed by atoms with Gasteiger partial charge in [-0.15, -0.1) is 0 Å². The van der Waals surface area contributed by atoms with Gasteiger partial charge in [-0.3, -0.25) is 0 Å². The summed E-state index contributed by atoms with van der Waals surface area (Å²) in [5.41, 5.74) is 8.48. The zero-order valence-corrected chi connectivity index (χ0v) is 10.7. The summed E-state index contributed by atoms with van der Waals surface area (Å²) in [5.74, 6) is 0.664. The summed E-state index contributed by atoms with van der Waals surface area (Å²) in [5, 5.41) is 1.44. The maximum absolute atomic E-state index is 6.03. The number of methoxy groups -OCH3 is 1. The van der Waals surface area contributed by atoms with Gasteiger partial charge in [0, 0.05) is 27.9 Å². The molecule has 0 fully saturated rings. The molecule has 4 heteroatoms. The molecule has 3 nitrogen and oxygen atoms in total. The van der Waals surface area contributed by atoms with E-state index in [2.05, 4.69) is 11.9 Å². The van der Waals surface area contributed by atoms with Gasteiger partial charge in [-0.2, -0.15) is 0 Å². The van der Waals surface area contributed by atoms with E-state index in [-0.39, 0.29) is 0 Å². The van der Waals surface area contributed by atoms with Crippen molar-refractivity contribution in [1.29, 1.82) is 0 Å². The van der Waals surface area contributed by atoms with Gasteiger partial charge in [0.2, 0.25) is 0 Å². The van der Waals surface area contributed by atoms with Crippen LogP contribution < -0.4 is 10.5 Å². The lowest BCUT2D eigenvalue weighted by atomic mass is 10.1. The number of ether oxygens (including phenoxy) is 1. The molecule has 0 amide bonds. The monoisotopic (exact) mass is 250 g/mol. The Morgan fingerprint density at radius 3 is 2.76 bits per heavy atom. The molecule has 0 radical (unpaired) electrons. The van der Waals surface area contributed by atoms with E-state index in [1.807, 2.05) is 12.1 Å². The topological polar surface area (TPSA) is 48.1 Å². The van der Waals surface area contributed by atoms with E-state index in [0.717, 1.165) is 29.4 Å². The van der Waals surface area contributed by atoms with E-state index in [1.54, 1.807) is 13.2 Å². The molecule has 17 heavy (non-hydrogen) atoms. The van der Waals surface area contributed by atoms with Crippen molar-refractivity contribution in [3.8, 4) is 5.75 Å². The first-order chi connectivity index (χ1) is 8.15. The molecule has 0 spiro atoms. The van der Waals surface area contributed by atoms with Gasteiger partial charge in [-0.05, 0) is 18.6 Å². The van der Waals surface area contributed by atoms with Crippen molar-refractivity contribution in [3.63, 3.8) is 0 Å². The van der Waals surface area contributed by atoms with Crippen LogP contribution in [0.2, 0.25) is 5.02 Å². The lowest BCUT2D eigenvalue weighted by molar-refractivity contribution is 0.419. The summed E-state index contributed by atoms with van der Waals surface area (Å²) < 4.78 is 5.29. The fraction of sp³-hybridized carbons (Fsp3) is 0.308.